The van der Waals surface area contributed by atoms with Gasteiger partial charge in [0.15, 0.2) is 0 Å². The smallest absolute Gasteiger partial charge is 0.333 e. The Balaban J connectivity index is 1.43. The highest BCUT2D eigenvalue weighted by Crippen LogP contribution is 2.38. The molecule has 0 radical (unpaired) electrons. The van der Waals surface area contributed by atoms with E-state index in [0.29, 0.717) is 6.61 Å². The fourth-order valence-corrected chi connectivity index (χ4v) is 5.37. The van der Waals surface area contributed by atoms with Crippen LogP contribution in [0.15, 0.2) is 54.1 Å². The SMILES string of the molecule is C=C(CCO)C(=O)OCCOC1C=C(C)C(c2ccc(C3CCC(CCCCC)CC3)cc2)=CC1. The highest BCUT2D eigenvalue weighted by molar-refractivity contribution is 5.87. The average molecular weight is 481 g/mol. The van der Waals surface area contributed by atoms with Crippen molar-refractivity contribution in [1.29, 1.82) is 0 Å². The molecule has 192 valence electrons. The highest BCUT2D eigenvalue weighted by Gasteiger charge is 2.22. The Morgan fingerprint density at radius 1 is 1.09 bits per heavy atom. The molecule has 0 aromatic heterocycles. The minimum absolute atomic E-state index is 0.00937. The van der Waals surface area contributed by atoms with Crippen LogP contribution in [0.25, 0.3) is 5.57 Å². The van der Waals surface area contributed by atoms with Crippen LogP contribution in [-0.2, 0) is 14.3 Å². The van der Waals surface area contributed by atoms with Crippen LogP contribution in [0.4, 0.5) is 0 Å². The van der Waals surface area contributed by atoms with E-state index in [1.165, 1.54) is 73.6 Å². The molecule has 35 heavy (non-hydrogen) atoms. The van der Waals surface area contributed by atoms with E-state index in [2.05, 4.69) is 56.8 Å². The summed E-state index contributed by atoms with van der Waals surface area (Å²) in [4.78, 5) is 11.7. The molecule has 0 spiro atoms. The zero-order valence-electron chi connectivity index (χ0n) is 21.8. The number of carbonyl (C=O) groups is 1. The number of benzene rings is 1. The summed E-state index contributed by atoms with van der Waals surface area (Å²) < 4.78 is 11.0. The minimum atomic E-state index is -0.469. The van der Waals surface area contributed by atoms with Crippen molar-refractivity contribution in [3.05, 3.63) is 65.3 Å². The summed E-state index contributed by atoms with van der Waals surface area (Å²) in [6, 6.07) is 9.25. The van der Waals surface area contributed by atoms with Gasteiger partial charge in [-0.15, -0.1) is 0 Å². The predicted octanol–water partition coefficient (Wildman–Crippen LogP) is 7.14. The molecule has 1 saturated carbocycles. The third-order valence-electron chi connectivity index (χ3n) is 7.52. The lowest BCUT2D eigenvalue weighted by Gasteiger charge is -2.29. The first-order valence-electron chi connectivity index (χ1n) is 13.6. The number of allylic oxidation sites excluding steroid dienone is 2. The molecule has 0 bridgehead atoms. The molecule has 0 aliphatic heterocycles. The first kappa shape index (κ1) is 27.4. The van der Waals surface area contributed by atoms with Crippen LogP contribution in [-0.4, -0.2) is 37.0 Å². The number of hydrogen-bond donors (Lipinski definition) is 1. The van der Waals surface area contributed by atoms with E-state index in [1.807, 2.05) is 0 Å². The van der Waals surface area contributed by atoms with E-state index < -0.39 is 5.97 Å². The lowest BCUT2D eigenvalue weighted by atomic mass is 9.77. The molecule has 3 rings (SSSR count). The van der Waals surface area contributed by atoms with Gasteiger partial charge in [0.25, 0.3) is 0 Å². The predicted molar refractivity (Wildman–Crippen MR) is 143 cm³/mol. The Labute approximate surface area is 212 Å². The van der Waals surface area contributed by atoms with Crippen molar-refractivity contribution in [2.45, 2.75) is 90.1 Å². The van der Waals surface area contributed by atoms with Gasteiger partial charge in [0.2, 0.25) is 0 Å². The number of aliphatic hydroxyl groups is 1. The van der Waals surface area contributed by atoms with E-state index in [9.17, 15) is 4.79 Å². The van der Waals surface area contributed by atoms with Gasteiger partial charge in [-0.2, -0.15) is 0 Å². The molecule has 0 heterocycles. The fraction of sp³-hybridized carbons (Fsp3) is 0.581. The van der Waals surface area contributed by atoms with Gasteiger partial charge in [-0.25, -0.2) is 4.79 Å². The van der Waals surface area contributed by atoms with E-state index in [0.717, 1.165) is 18.3 Å². The summed E-state index contributed by atoms with van der Waals surface area (Å²) in [5, 5.41) is 8.86. The zero-order valence-corrected chi connectivity index (χ0v) is 21.8. The molecule has 1 aromatic carbocycles. The molecule has 2 aliphatic rings. The molecular formula is C31H44O4. The van der Waals surface area contributed by atoms with Crippen molar-refractivity contribution in [2.75, 3.05) is 19.8 Å². The van der Waals surface area contributed by atoms with Gasteiger partial charge >= 0.3 is 5.97 Å². The molecule has 2 aliphatic carbocycles. The molecule has 1 N–H and O–H groups in total. The molecule has 1 unspecified atom stereocenters. The number of unbranched alkanes of at least 4 members (excludes halogenated alkanes) is 2. The molecular weight excluding hydrogens is 436 g/mol. The second kappa shape index (κ2) is 14.4. The first-order valence-corrected chi connectivity index (χ1v) is 13.6. The van der Waals surface area contributed by atoms with Crippen molar-refractivity contribution < 1.29 is 19.4 Å². The van der Waals surface area contributed by atoms with Gasteiger partial charge < -0.3 is 14.6 Å². The number of carbonyl (C=O) groups excluding carboxylic acids is 1. The van der Waals surface area contributed by atoms with E-state index in [4.69, 9.17) is 14.6 Å². The second-order valence-corrected chi connectivity index (χ2v) is 10.2. The van der Waals surface area contributed by atoms with Gasteiger partial charge in [-0.3, -0.25) is 0 Å². The molecule has 1 fully saturated rings. The maximum absolute atomic E-state index is 11.7. The highest BCUT2D eigenvalue weighted by atomic mass is 16.6. The van der Waals surface area contributed by atoms with Gasteiger partial charge in [-0.1, -0.05) is 75.6 Å². The van der Waals surface area contributed by atoms with Crippen LogP contribution in [0.1, 0.15) is 95.1 Å². The summed E-state index contributed by atoms with van der Waals surface area (Å²) in [5.41, 5.74) is 5.55. The van der Waals surface area contributed by atoms with Crippen molar-refractivity contribution >= 4 is 11.5 Å². The molecule has 1 atom stereocenters. The Kier molecular flexibility index (Phi) is 11.3. The lowest BCUT2D eigenvalue weighted by Crippen LogP contribution is -2.18. The van der Waals surface area contributed by atoms with Crippen molar-refractivity contribution in [2.24, 2.45) is 5.92 Å². The third-order valence-corrected chi connectivity index (χ3v) is 7.52. The van der Waals surface area contributed by atoms with Gasteiger partial charge in [0.05, 0.1) is 12.7 Å². The van der Waals surface area contributed by atoms with Crippen LogP contribution in [0.3, 0.4) is 0 Å². The van der Waals surface area contributed by atoms with Crippen molar-refractivity contribution in [3.63, 3.8) is 0 Å². The minimum Gasteiger partial charge on any atom is -0.460 e. The van der Waals surface area contributed by atoms with Crippen molar-refractivity contribution in [1.82, 2.24) is 0 Å². The molecule has 4 heteroatoms. The van der Waals surface area contributed by atoms with Crippen molar-refractivity contribution in [3.8, 4) is 0 Å². The van der Waals surface area contributed by atoms with Crippen LogP contribution >= 0.6 is 0 Å². The maximum atomic E-state index is 11.7. The second-order valence-electron chi connectivity index (χ2n) is 10.2. The monoisotopic (exact) mass is 480 g/mol. The Morgan fingerprint density at radius 2 is 1.83 bits per heavy atom. The Hall–Kier alpha value is -2.17. The zero-order chi connectivity index (χ0) is 25.0. The standard InChI is InChI=1S/C31H44O4/c1-4-5-6-7-25-8-10-26(11-9-25)27-12-14-28(15-13-27)30-17-16-29(22-24(30)3)34-20-21-35-31(33)23(2)18-19-32/h12-15,17,22,25-26,29,32H,2,4-11,16,18-21H2,1,3H3. The third kappa shape index (κ3) is 8.47. The number of aliphatic hydroxyl groups excluding tert-OH is 1. The van der Waals surface area contributed by atoms with Gasteiger partial charge in [0.1, 0.15) is 6.61 Å². The Morgan fingerprint density at radius 3 is 2.49 bits per heavy atom. The number of esters is 1. The van der Waals surface area contributed by atoms with Gasteiger partial charge in [-0.05, 0) is 73.1 Å². The summed E-state index contributed by atoms with van der Waals surface area (Å²) in [5.74, 6) is 1.20. The Bertz CT molecular complexity index is 872. The average Bonchev–Trinajstić information content (AvgIpc) is 2.87. The van der Waals surface area contributed by atoms with E-state index >= 15 is 0 Å². The summed E-state index contributed by atoms with van der Waals surface area (Å²) in [6.45, 7) is 8.46. The van der Waals surface area contributed by atoms with E-state index in [-0.39, 0.29) is 31.3 Å². The summed E-state index contributed by atoms with van der Waals surface area (Å²) in [7, 11) is 0. The van der Waals surface area contributed by atoms with Crippen LogP contribution < -0.4 is 0 Å². The summed E-state index contributed by atoms with van der Waals surface area (Å²) >= 11 is 0. The van der Waals surface area contributed by atoms with E-state index in [1.54, 1.807) is 0 Å². The molecule has 4 nitrogen and oxygen atoms in total. The quantitative estimate of drug-likeness (QED) is 0.185. The van der Waals surface area contributed by atoms with Gasteiger partial charge in [0, 0.05) is 18.6 Å². The summed E-state index contributed by atoms with van der Waals surface area (Å²) in [6.07, 6.45) is 16.4. The molecule has 0 amide bonds. The largest absolute Gasteiger partial charge is 0.460 e. The van der Waals surface area contributed by atoms with Crippen LogP contribution in [0.5, 0.6) is 0 Å². The topological polar surface area (TPSA) is 55.8 Å². The normalized spacial score (nSPS) is 22.3. The fourth-order valence-electron chi connectivity index (χ4n) is 5.37. The molecule has 0 saturated heterocycles. The molecule has 1 aromatic rings. The number of ether oxygens (including phenoxy) is 2. The van der Waals surface area contributed by atoms with Crippen LogP contribution in [0.2, 0.25) is 0 Å². The number of hydrogen-bond acceptors (Lipinski definition) is 4. The number of rotatable bonds is 13. The maximum Gasteiger partial charge on any atom is 0.333 e. The van der Waals surface area contributed by atoms with Crippen LogP contribution in [0, 0.1) is 5.92 Å². The lowest BCUT2D eigenvalue weighted by molar-refractivity contribution is -0.141. The first-order chi connectivity index (χ1) is 17.0.